The monoisotopic (exact) mass is 274 g/mol. The molecule has 82 valence electrons. The minimum absolute atomic E-state index is 0.323. The Morgan fingerprint density at radius 2 is 1.31 bits per heavy atom. The molecule has 0 N–H and O–H groups in total. The van der Waals surface area contributed by atoms with Crippen LogP contribution >= 0.6 is 34.8 Å². The van der Waals surface area contributed by atoms with Crippen LogP contribution in [0, 0.1) is 5.82 Å². The van der Waals surface area contributed by atoms with Gasteiger partial charge in [-0.25, -0.2) is 4.39 Å². The zero-order valence-corrected chi connectivity index (χ0v) is 10.2. The van der Waals surface area contributed by atoms with Crippen LogP contribution in [-0.4, -0.2) is 0 Å². The highest BCUT2D eigenvalue weighted by Gasteiger charge is 2.08. The summed E-state index contributed by atoms with van der Waals surface area (Å²) in [6.45, 7) is 0. The van der Waals surface area contributed by atoms with Crippen molar-refractivity contribution >= 4 is 34.8 Å². The van der Waals surface area contributed by atoms with E-state index < -0.39 is 0 Å². The van der Waals surface area contributed by atoms with Gasteiger partial charge in [-0.05, 0) is 30.3 Å². The van der Waals surface area contributed by atoms with Gasteiger partial charge in [-0.15, -0.1) is 0 Å². The Balaban J connectivity index is 2.59. The summed E-state index contributed by atoms with van der Waals surface area (Å²) in [6.07, 6.45) is 0. The Bertz CT molecular complexity index is 488. The summed E-state index contributed by atoms with van der Waals surface area (Å²) in [5.41, 5.74) is 1.42. The van der Waals surface area contributed by atoms with E-state index in [1.165, 1.54) is 12.1 Å². The molecule has 0 aliphatic rings. The van der Waals surface area contributed by atoms with Gasteiger partial charge in [0.25, 0.3) is 0 Å². The Hall–Kier alpha value is -0.760. The molecule has 0 radical (unpaired) electrons. The van der Waals surface area contributed by atoms with E-state index in [9.17, 15) is 4.39 Å². The SMILES string of the molecule is Fc1ccc(-c2ccc(Cl)cc2Cl)c(Cl)c1. The van der Waals surface area contributed by atoms with Crippen molar-refractivity contribution in [1.29, 1.82) is 0 Å². The highest BCUT2D eigenvalue weighted by Crippen LogP contribution is 2.34. The molecule has 0 saturated carbocycles. The summed E-state index contributed by atoms with van der Waals surface area (Å²) in [4.78, 5) is 0. The van der Waals surface area contributed by atoms with Crippen molar-refractivity contribution in [2.45, 2.75) is 0 Å². The van der Waals surface area contributed by atoms with Crippen LogP contribution < -0.4 is 0 Å². The molecule has 2 aromatic carbocycles. The van der Waals surface area contributed by atoms with E-state index in [0.29, 0.717) is 20.6 Å². The summed E-state index contributed by atoms with van der Waals surface area (Å²) >= 11 is 17.8. The molecule has 0 aromatic heterocycles. The molecule has 0 amide bonds. The molecule has 0 saturated heterocycles. The largest absolute Gasteiger partial charge is 0.207 e. The second-order valence-corrected chi connectivity index (χ2v) is 4.50. The summed E-state index contributed by atoms with van der Waals surface area (Å²) in [5.74, 6) is -0.376. The lowest BCUT2D eigenvalue weighted by molar-refractivity contribution is 0.628. The Kier molecular flexibility index (Phi) is 3.38. The van der Waals surface area contributed by atoms with Crippen molar-refractivity contribution in [3.63, 3.8) is 0 Å². The second kappa shape index (κ2) is 4.62. The van der Waals surface area contributed by atoms with Gasteiger partial charge < -0.3 is 0 Å². The van der Waals surface area contributed by atoms with Gasteiger partial charge >= 0.3 is 0 Å². The fourth-order valence-corrected chi connectivity index (χ4v) is 2.20. The lowest BCUT2D eigenvalue weighted by atomic mass is 10.1. The molecule has 0 unspecified atom stereocenters. The van der Waals surface area contributed by atoms with Crippen LogP contribution in [0.3, 0.4) is 0 Å². The Labute approximate surface area is 108 Å². The van der Waals surface area contributed by atoms with Crippen LogP contribution in [0.15, 0.2) is 36.4 Å². The van der Waals surface area contributed by atoms with Crippen molar-refractivity contribution in [2.24, 2.45) is 0 Å². The van der Waals surface area contributed by atoms with Crippen LogP contribution in [0.5, 0.6) is 0 Å². The molecule has 0 atom stereocenters. The third-order valence-electron chi connectivity index (χ3n) is 2.15. The van der Waals surface area contributed by atoms with Gasteiger partial charge in [-0.1, -0.05) is 40.9 Å². The lowest BCUT2D eigenvalue weighted by Crippen LogP contribution is -1.83. The molecule has 0 aliphatic heterocycles. The van der Waals surface area contributed by atoms with E-state index >= 15 is 0 Å². The molecule has 0 aliphatic carbocycles. The first-order valence-electron chi connectivity index (χ1n) is 4.48. The van der Waals surface area contributed by atoms with E-state index in [4.69, 9.17) is 34.8 Å². The fourth-order valence-electron chi connectivity index (χ4n) is 1.42. The normalized spacial score (nSPS) is 10.5. The number of hydrogen-bond donors (Lipinski definition) is 0. The highest BCUT2D eigenvalue weighted by atomic mass is 35.5. The van der Waals surface area contributed by atoms with Crippen LogP contribution in [0.1, 0.15) is 0 Å². The average molecular weight is 276 g/mol. The lowest BCUT2D eigenvalue weighted by Gasteiger charge is -2.07. The topological polar surface area (TPSA) is 0 Å². The van der Waals surface area contributed by atoms with Crippen molar-refractivity contribution in [1.82, 2.24) is 0 Å². The van der Waals surface area contributed by atoms with Gasteiger partial charge in [0.2, 0.25) is 0 Å². The maximum Gasteiger partial charge on any atom is 0.124 e. The summed E-state index contributed by atoms with van der Waals surface area (Å²) in [5, 5.41) is 1.36. The minimum Gasteiger partial charge on any atom is -0.207 e. The van der Waals surface area contributed by atoms with Gasteiger partial charge in [0.05, 0.1) is 5.02 Å². The minimum atomic E-state index is -0.376. The quantitative estimate of drug-likeness (QED) is 0.649. The molecule has 0 spiro atoms. The van der Waals surface area contributed by atoms with Crippen molar-refractivity contribution < 1.29 is 4.39 Å². The third-order valence-corrected chi connectivity index (χ3v) is 3.01. The highest BCUT2D eigenvalue weighted by molar-refractivity contribution is 6.38. The Morgan fingerprint density at radius 3 is 1.88 bits per heavy atom. The Morgan fingerprint density at radius 1 is 0.750 bits per heavy atom. The first kappa shape index (κ1) is 11.7. The van der Waals surface area contributed by atoms with Crippen molar-refractivity contribution in [3.05, 3.63) is 57.3 Å². The molecular formula is C12H6Cl3F. The van der Waals surface area contributed by atoms with E-state index in [1.807, 2.05) is 0 Å². The summed E-state index contributed by atoms with van der Waals surface area (Å²) in [7, 11) is 0. The molecular weight excluding hydrogens is 269 g/mol. The summed E-state index contributed by atoms with van der Waals surface area (Å²) < 4.78 is 12.9. The van der Waals surface area contributed by atoms with Crippen LogP contribution in [-0.2, 0) is 0 Å². The van der Waals surface area contributed by atoms with Crippen LogP contribution in [0.2, 0.25) is 15.1 Å². The predicted octanol–water partition coefficient (Wildman–Crippen LogP) is 5.45. The number of benzene rings is 2. The molecule has 16 heavy (non-hydrogen) atoms. The molecule has 2 rings (SSSR count). The summed E-state index contributed by atoms with van der Waals surface area (Å²) in [6, 6.07) is 9.27. The zero-order valence-electron chi connectivity index (χ0n) is 7.98. The molecule has 4 heteroatoms. The van der Waals surface area contributed by atoms with Gasteiger partial charge in [-0.2, -0.15) is 0 Å². The van der Waals surface area contributed by atoms with Gasteiger partial charge in [-0.3, -0.25) is 0 Å². The van der Waals surface area contributed by atoms with Gasteiger partial charge in [0, 0.05) is 21.2 Å². The van der Waals surface area contributed by atoms with Crippen molar-refractivity contribution in [3.8, 4) is 11.1 Å². The molecule has 0 bridgehead atoms. The molecule has 0 fully saturated rings. The molecule has 2 aromatic rings. The maximum absolute atomic E-state index is 12.9. The number of hydrogen-bond acceptors (Lipinski definition) is 0. The average Bonchev–Trinajstić information content (AvgIpc) is 2.19. The molecule has 0 nitrogen and oxygen atoms in total. The number of rotatable bonds is 1. The van der Waals surface area contributed by atoms with Crippen LogP contribution in [0.4, 0.5) is 4.39 Å². The van der Waals surface area contributed by atoms with E-state index in [0.717, 1.165) is 5.56 Å². The fraction of sp³-hybridized carbons (Fsp3) is 0. The smallest absolute Gasteiger partial charge is 0.124 e. The predicted molar refractivity (Wildman–Crippen MR) is 66.9 cm³/mol. The number of halogens is 4. The maximum atomic E-state index is 12.9. The first-order chi connectivity index (χ1) is 7.58. The van der Waals surface area contributed by atoms with E-state index in [-0.39, 0.29) is 5.82 Å². The zero-order chi connectivity index (χ0) is 11.7. The second-order valence-electron chi connectivity index (χ2n) is 3.25. The van der Waals surface area contributed by atoms with Crippen LogP contribution in [0.25, 0.3) is 11.1 Å². The standard InChI is InChI=1S/C12H6Cl3F/c13-7-1-3-9(11(14)5-7)10-4-2-8(16)6-12(10)15/h1-6H. The third kappa shape index (κ3) is 2.32. The van der Waals surface area contributed by atoms with Gasteiger partial charge in [0.15, 0.2) is 0 Å². The first-order valence-corrected chi connectivity index (χ1v) is 5.62. The van der Waals surface area contributed by atoms with E-state index in [1.54, 1.807) is 24.3 Å². The van der Waals surface area contributed by atoms with Crippen molar-refractivity contribution in [2.75, 3.05) is 0 Å². The van der Waals surface area contributed by atoms with Gasteiger partial charge in [0.1, 0.15) is 5.82 Å². The van der Waals surface area contributed by atoms with E-state index in [2.05, 4.69) is 0 Å². The molecule has 0 heterocycles.